The van der Waals surface area contributed by atoms with E-state index in [0.717, 1.165) is 37.6 Å². The first-order valence-electron chi connectivity index (χ1n) is 11.0. The quantitative estimate of drug-likeness (QED) is 0.611. The predicted molar refractivity (Wildman–Crippen MR) is 119 cm³/mol. The third-order valence-electron chi connectivity index (χ3n) is 5.78. The maximum Gasteiger partial charge on any atom is 0.322 e. The summed E-state index contributed by atoms with van der Waals surface area (Å²) in [5.41, 5.74) is 3.91. The van der Waals surface area contributed by atoms with Crippen molar-refractivity contribution in [3.8, 4) is 17.7 Å². The predicted octanol–water partition coefficient (Wildman–Crippen LogP) is 3.22. The lowest BCUT2D eigenvalue weighted by Crippen LogP contribution is -2.45. The van der Waals surface area contributed by atoms with Gasteiger partial charge in [0.05, 0.1) is 41.9 Å². The molecule has 3 aromatic heterocycles. The molecular weight excluding hydrogens is 423 g/mol. The molecule has 2 aliphatic heterocycles. The molecule has 0 aromatic carbocycles. The third-order valence-corrected chi connectivity index (χ3v) is 5.78. The van der Waals surface area contributed by atoms with Crippen LogP contribution in [-0.2, 0) is 13.0 Å². The molecule has 0 saturated heterocycles. The van der Waals surface area contributed by atoms with Gasteiger partial charge in [-0.1, -0.05) is 11.8 Å². The largest absolute Gasteiger partial charge is 0.474 e. The van der Waals surface area contributed by atoms with Gasteiger partial charge in [-0.2, -0.15) is 5.10 Å². The van der Waals surface area contributed by atoms with E-state index in [4.69, 9.17) is 4.74 Å². The van der Waals surface area contributed by atoms with Gasteiger partial charge < -0.3 is 10.1 Å². The molecule has 2 aliphatic rings. The van der Waals surface area contributed by atoms with Gasteiger partial charge >= 0.3 is 6.03 Å². The summed E-state index contributed by atoms with van der Waals surface area (Å²) < 4.78 is 20.8. The number of halogens is 1. The van der Waals surface area contributed by atoms with Crippen molar-refractivity contribution in [2.24, 2.45) is 0 Å². The van der Waals surface area contributed by atoms with Crippen LogP contribution in [0.3, 0.4) is 0 Å². The number of carbonyl (C=O) groups is 1. The van der Waals surface area contributed by atoms with Crippen LogP contribution in [0.1, 0.15) is 48.3 Å². The van der Waals surface area contributed by atoms with Crippen LogP contribution in [0, 0.1) is 17.7 Å². The molecule has 1 N–H and O–H groups in total. The molecule has 0 fully saturated rings. The van der Waals surface area contributed by atoms with Gasteiger partial charge in [-0.25, -0.2) is 14.2 Å². The van der Waals surface area contributed by atoms with Crippen molar-refractivity contribution in [2.45, 2.75) is 38.8 Å². The van der Waals surface area contributed by atoms with Crippen molar-refractivity contribution in [3.05, 3.63) is 65.1 Å². The summed E-state index contributed by atoms with van der Waals surface area (Å²) in [5.74, 6) is 6.33. The Kier molecular flexibility index (Phi) is 5.65. The number of nitrogens with zero attached hydrogens (tertiary/aromatic N) is 5. The maximum absolute atomic E-state index is 13.1. The van der Waals surface area contributed by atoms with E-state index in [0.29, 0.717) is 36.0 Å². The van der Waals surface area contributed by atoms with Crippen LogP contribution in [0.5, 0.6) is 5.88 Å². The Morgan fingerprint density at radius 2 is 2.09 bits per heavy atom. The molecule has 33 heavy (non-hydrogen) atoms. The second-order valence-corrected chi connectivity index (χ2v) is 8.06. The molecule has 1 atom stereocenters. The Morgan fingerprint density at radius 3 is 2.94 bits per heavy atom. The number of carbonyl (C=O) groups excluding carboxylic acids is 1. The molecule has 5 rings (SSSR count). The highest BCUT2D eigenvalue weighted by atomic mass is 19.1. The first kappa shape index (κ1) is 20.9. The maximum atomic E-state index is 13.1. The minimum Gasteiger partial charge on any atom is -0.474 e. The van der Waals surface area contributed by atoms with Gasteiger partial charge in [0.1, 0.15) is 18.1 Å². The fraction of sp³-hybridized carbons (Fsp3) is 0.333. The van der Waals surface area contributed by atoms with E-state index in [1.165, 1.54) is 11.8 Å². The van der Waals surface area contributed by atoms with E-state index >= 15 is 0 Å². The number of hydrogen-bond donors (Lipinski definition) is 1. The van der Waals surface area contributed by atoms with Crippen LogP contribution in [0.25, 0.3) is 0 Å². The van der Waals surface area contributed by atoms with Crippen LogP contribution in [-0.4, -0.2) is 38.9 Å². The zero-order valence-electron chi connectivity index (χ0n) is 18.2. The van der Waals surface area contributed by atoms with Gasteiger partial charge in [0, 0.05) is 18.3 Å². The molecule has 0 unspecified atom stereocenters. The molecule has 0 radical (unpaired) electrons. The Balaban J connectivity index is 1.36. The van der Waals surface area contributed by atoms with Gasteiger partial charge in [-0.15, -0.1) is 0 Å². The first-order chi connectivity index (χ1) is 16.1. The smallest absolute Gasteiger partial charge is 0.322 e. The van der Waals surface area contributed by atoms with Gasteiger partial charge in [-0.3, -0.25) is 14.6 Å². The lowest BCUT2D eigenvalue weighted by atomic mass is 10.1. The number of aryl methyl sites for hydroxylation is 1. The lowest BCUT2D eigenvalue weighted by Gasteiger charge is -2.29. The molecule has 3 aromatic rings. The van der Waals surface area contributed by atoms with E-state index in [2.05, 4.69) is 32.2 Å². The summed E-state index contributed by atoms with van der Waals surface area (Å²) in [6.07, 6.45) is 7.86. The Labute approximate surface area is 190 Å². The van der Waals surface area contributed by atoms with Crippen LogP contribution < -0.4 is 15.0 Å². The van der Waals surface area contributed by atoms with Crippen molar-refractivity contribution in [3.63, 3.8) is 0 Å². The van der Waals surface area contributed by atoms with Crippen LogP contribution in [0.2, 0.25) is 0 Å². The Hall–Kier alpha value is -3.93. The fourth-order valence-corrected chi connectivity index (χ4v) is 4.02. The minimum absolute atomic E-state index is 0.309. The van der Waals surface area contributed by atoms with Crippen molar-refractivity contribution in [2.75, 3.05) is 18.1 Å². The minimum atomic E-state index is -0.421. The topological polar surface area (TPSA) is 85.2 Å². The van der Waals surface area contributed by atoms with E-state index in [1.54, 1.807) is 24.1 Å². The zero-order chi connectivity index (χ0) is 22.8. The van der Waals surface area contributed by atoms with Crippen molar-refractivity contribution < 1.29 is 13.9 Å². The van der Waals surface area contributed by atoms with Crippen LogP contribution in [0.15, 0.2) is 36.8 Å². The van der Waals surface area contributed by atoms with Crippen LogP contribution >= 0.6 is 0 Å². The molecule has 0 aliphatic carbocycles. The summed E-state index contributed by atoms with van der Waals surface area (Å²) in [4.78, 5) is 23.0. The number of pyridine rings is 2. The number of nitrogens with one attached hydrogen (secondary N) is 1. The number of aromatic nitrogens is 4. The monoisotopic (exact) mass is 446 g/mol. The highest BCUT2D eigenvalue weighted by Crippen LogP contribution is 2.30. The second-order valence-electron chi connectivity index (χ2n) is 8.06. The highest BCUT2D eigenvalue weighted by molar-refractivity contribution is 5.94. The molecule has 8 nitrogen and oxygen atoms in total. The first-order valence-corrected chi connectivity index (χ1v) is 11.0. The summed E-state index contributed by atoms with van der Waals surface area (Å²) in [6, 6.07) is 3.98. The summed E-state index contributed by atoms with van der Waals surface area (Å²) in [7, 11) is 0. The summed E-state index contributed by atoms with van der Waals surface area (Å²) in [5, 5.41) is 7.33. The average molecular weight is 446 g/mol. The lowest BCUT2D eigenvalue weighted by molar-refractivity contribution is 0.235. The number of fused-ring (bicyclic) bond motifs is 2. The van der Waals surface area contributed by atoms with E-state index in [-0.39, 0.29) is 6.03 Å². The number of amides is 2. The van der Waals surface area contributed by atoms with Gasteiger partial charge in [0.25, 0.3) is 0 Å². The molecule has 168 valence electrons. The number of rotatable bonds is 2. The van der Waals surface area contributed by atoms with E-state index in [1.807, 2.05) is 16.9 Å². The van der Waals surface area contributed by atoms with Gasteiger partial charge in [0.15, 0.2) is 0 Å². The van der Waals surface area contributed by atoms with Crippen molar-refractivity contribution in [1.82, 2.24) is 25.1 Å². The Bertz CT molecular complexity index is 1240. The zero-order valence-corrected chi connectivity index (χ0v) is 18.2. The summed E-state index contributed by atoms with van der Waals surface area (Å²) >= 11 is 0. The van der Waals surface area contributed by atoms with Crippen molar-refractivity contribution >= 4 is 11.7 Å². The molecule has 5 heterocycles. The van der Waals surface area contributed by atoms with Gasteiger partial charge in [0.2, 0.25) is 5.88 Å². The number of anilines is 1. The SMILES string of the molecule is C[C@H](NC(=O)N1CCOc2ncc(C#Cc3cnn4c3CCCC4)cc21)c1ccc(F)cn1. The standard InChI is InChI=1S/C24H23FN6O2/c1-16(20-8-7-19(25)15-26-20)29-24(32)30-10-11-33-23-22(30)12-17(13-27-23)5-6-18-14-28-31-9-3-2-4-21(18)31/h7-8,12-16H,2-4,9-11H2,1H3,(H,29,32)/t16-/m0/s1. The van der Waals surface area contributed by atoms with E-state index < -0.39 is 11.9 Å². The second kappa shape index (κ2) is 8.90. The van der Waals surface area contributed by atoms with Gasteiger partial charge in [-0.05, 0) is 44.4 Å². The fourth-order valence-electron chi connectivity index (χ4n) is 4.02. The molecule has 0 bridgehead atoms. The summed E-state index contributed by atoms with van der Waals surface area (Å²) in [6.45, 7) is 3.44. The number of hydrogen-bond acceptors (Lipinski definition) is 5. The van der Waals surface area contributed by atoms with E-state index in [9.17, 15) is 9.18 Å². The molecule has 2 amide bonds. The molecular formula is C24H23FN6O2. The highest BCUT2D eigenvalue weighted by Gasteiger charge is 2.26. The molecule has 0 spiro atoms. The normalized spacial score (nSPS) is 15.4. The van der Waals surface area contributed by atoms with Crippen LogP contribution in [0.4, 0.5) is 14.9 Å². The van der Waals surface area contributed by atoms with Crippen molar-refractivity contribution in [1.29, 1.82) is 0 Å². The third kappa shape index (κ3) is 4.37. The molecule has 9 heteroatoms. The average Bonchev–Trinajstić information content (AvgIpc) is 3.25. The molecule has 0 saturated carbocycles. The number of ether oxygens (including phenoxy) is 1. The number of urea groups is 1. The Morgan fingerprint density at radius 1 is 1.18 bits per heavy atom.